The van der Waals surface area contributed by atoms with E-state index in [1.165, 1.54) is 0 Å². The van der Waals surface area contributed by atoms with Crippen LogP contribution in [-0.2, 0) is 19.1 Å². The molecule has 0 radical (unpaired) electrons. The van der Waals surface area contributed by atoms with Gasteiger partial charge in [-0.1, -0.05) is 0 Å². The number of nitrogens with zero attached hydrogens (tertiary/aromatic N) is 1. The highest BCUT2D eigenvalue weighted by Crippen LogP contribution is 2.21. The molecule has 26 heavy (non-hydrogen) atoms. The van der Waals surface area contributed by atoms with Gasteiger partial charge in [-0.25, -0.2) is 4.79 Å². The molecule has 10 heteroatoms. The van der Waals surface area contributed by atoms with E-state index in [1.807, 2.05) is 0 Å². The minimum atomic E-state index is -1.06. The summed E-state index contributed by atoms with van der Waals surface area (Å²) in [4.78, 5) is 58.3. The standard InChI is InChI=1S/C16H18N4O6/c17-16(25)19-12(21)9-26-14(23)8-18-15(24)10-3-5-11(6-4-10)20-7-1-2-13(20)22/h3-6H,1-2,7-9H2,(H,18,24)(H3,17,19,21,25). The first kappa shape index (κ1) is 18.9. The van der Waals surface area contributed by atoms with Crippen LogP contribution in [-0.4, -0.2) is 49.4 Å². The van der Waals surface area contributed by atoms with E-state index in [-0.39, 0.29) is 5.91 Å². The van der Waals surface area contributed by atoms with Crippen molar-refractivity contribution in [1.82, 2.24) is 10.6 Å². The van der Waals surface area contributed by atoms with Crippen LogP contribution in [0.3, 0.4) is 0 Å². The third kappa shape index (κ3) is 5.30. The Morgan fingerprint density at radius 1 is 1.15 bits per heavy atom. The van der Waals surface area contributed by atoms with E-state index in [0.717, 1.165) is 6.42 Å². The van der Waals surface area contributed by atoms with Crippen LogP contribution in [0.5, 0.6) is 0 Å². The first-order valence-corrected chi connectivity index (χ1v) is 7.80. The van der Waals surface area contributed by atoms with Gasteiger partial charge >= 0.3 is 12.0 Å². The lowest BCUT2D eigenvalue weighted by molar-refractivity contribution is -0.147. The molecule has 0 bridgehead atoms. The number of esters is 1. The lowest BCUT2D eigenvalue weighted by atomic mass is 10.2. The molecular formula is C16H18N4O6. The maximum atomic E-state index is 12.0. The van der Waals surface area contributed by atoms with E-state index in [1.54, 1.807) is 34.5 Å². The van der Waals surface area contributed by atoms with Gasteiger partial charge in [-0.15, -0.1) is 0 Å². The normalized spacial score (nSPS) is 13.2. The van der Waals surface area contributed by atoms with Crippen molar-refractivity contribution >= 4 is 35.4 Å². The molecular weight excluding hydrogens is 344 g/mol. The number of hydrogen-bond acceptors (Lipinski definition) is 6. The highest BCUT2D eigenvalue weighted by molar-refractivity contribution is 5.98. The quantitative estimate of drug-likeness (QED) is 0.569. The second-order valence-corrected chi connectivity index (χ2v) is 5.45. The smallest absolute Gasteiger partial charge is 0.325 e. The average Bonchev–Trinajstić information content (AvgIpc) is 3.03. The molecule has 2 rings (SSSR count). The SMILES string of the molecule is NC(=O)NC(=O)COC(=O)CNC(=O)c1ccc(N2CCCC2=O)cc1. The fourth-order valence-electron chi connectivity index (χ4n) is 2.34. The Kier molecular flexibility index (Phi) is 6.25. The van der Waals surface area contributed by atoms with Gasteiger partial charge in [0.05, 0.1) is 0 Å². The second kappa shape index (κ2) is 8.60. The van der Waals surface area contributed by atoms with Gasteiger partial charge in [-0.05, 0) is 30.7 Å². The van der Waals surface area contributed by atoms with E-state index in [2.05, 4.69) is 10.1 Å². The fourth-order valence-corrected chi connectivity index (χ4v) is 2.34. The van der Waals surface area contributed by atoms with Crippen molar-refractivity contribution in [3.8, 4) is 0 Å². The molecule has 1 saturated heterocycles. The minimum Gasteiger partial charge on any atom is -0.454 e. The molecule has 0 aromatic heterocycles. The predicted molar refractivity (Wildman–Crippen MR) is 89.0 cm³/mol. The maximum absolute atomic E-state index is 12.0. The number of hydrogen-bond donors (Lipinski definition) is 3. The molecule has 1 heterocycles. The lowest BCUT2D eigenvalue weighted by Gasteiger charge is -2.15. The third-order valence-corrected chi connectivity index (χ3v) is 3.53. The molecule has 1 fully saturated rings. The Morgan fingerprint density at radius 3 is 2.42 bits per heavy atom. The summed E-state index contributed by atoms with van der Waals surface area (Å²) in [5, 5.41) is 4.07. The van der Waals surface area contributed by atoms with Gasteiger partial charge < -0.3 is 20.7 Å². The predicted octanol–water partition coefficient (Wildman–Crippen LogP) is -0.719. The number of amides is 5. The van der Waals surface area contributed by atoms with Crippen LogP contribution in [0.25, 0.3) is 0 Å². The fraction of sp³-hybridized carbons (Fsp3) is 0.312. The van der Waals surface area contributed by atoms with Gasteiger partial charge in [0.15, 0.2) is 6.61 Å². The summed E-state index contributed by atoms with van der Waals surface area (Å²) in [5.41, 5.74) is 5.75. The van der Waals surface area contributed by atoms with Crippen LogP contribution < -0.4 is 21.3 Å². The Morgan fingerprint density at radius 2 is 1.85 bits per heavy atom. The number of rotatable bonds is 6. The third-order valence-electron chi connectivity index (χ3n) is 3.53. The molecule has 138 valence electrons. The number of ether oxygens (including phenoxy) is 1. The average molecular weight is 362 g/mol. The van der Waals surface area contributed by atoms with E-state index in [9.17, 15) is 24.0 Å². The highest BCUT2D eigenvalue weighted by atomic mass is 16.5. The number of nitrogens with one attached hydrogen (secondary N) is 2. The minimum absolute atomic E-state index is 0.0466. The number of nitrogens with two attached hydrogens (primary N) is 1. The van der Waals surface area contributed by atoms with Crippen LogP contribution in [0.15, 0.2) is 24.3 Å². The van der Waals surface area contributed by atoms with Gasteiger partial charge in [0.25, 0.3) is 11.8 Å². The van der Waals surface area contributed by atoms with Gasteiger partial charge in [0.1, 0.15) is 6.54 Å². The summed E-state index contributed by atoms with van der Waals surface area (Å²) in [6.45, 7) is -0.481. The zero-order chi connectivity index (χ0) is 19.1. The van der Waals surface area contributed by atoms with Crippen molar-refractivity contribution < 1.29 is 28.7 Å². The van der Waals surface area contributed by atoms with E-state index in [0.29, 0.717) is 24.2 Å². The number of carbonyl (C=O) groups excluding carboxylic acids is 5. The highest BCUT2D eigenvalue weighted by Gasteiger charge is 2.21. The summed E-state index contributed by atoms with van der Waals surface area (Å²) < 4.78 is 4.57. The molecule has 4 N–H and O–H groups in total. The zero-order valence-corrected chi connectivity index (χ0v) is 13.8. The number of benzene rings is 1. The summed E-state index contributed by atoms with van der Waals surface area (Å²) in [6, 6.07) is 5.34. The molecule has 1 aliphatic rings. The largest absolute Gasteiger partial charge is 0.454 e. The van der Waals surface area contributed by atoms with Crippen LogP contribution in [0.2, 0.25) is 0 Å². The van der Waals surface area contributed by atoms with Crippen molar-refractivity contribution in [2.45, 2.75) is 12.8 Å². The number of urea groups is 1. The van der Waals surface area contributed by atoms with Crippen molar-refractivity contribution in [2.75, 3.05) is 24.6 Å². The second-order valence-electron chi connectivity index (χ2n) is 5.45. The van der Waals surface area contributed by atoms with Crippen LogP contribution in [0.1, 0.15) is 23.2 Å². The van der Waals surface area contributed by atoms with Crippen LogP contribution >= 0.6 is 0 Å². The van der Waals surface area contributed by atoms with E-state index < -0.39 is 37.0 Å². The molecule has 0 unspecified atom stereocenters. The van der Waals surface area contributed by atoms with Crippen molar-refractivity contribution in [1.29, 1.82) is 0 Å². The Bertz CT molecular complexity index is 731. The Labute approximate surface area is 148 Å². The molecule has 0 aliphatic carbocycles. The van der Waals surface area contributed by atoms with Gasteiger partial charge in [0, 0.05) is 24.2 Å². The first-order valence-electron chi connectivity index (χ1n) is 7.80. The van der Waals surface area contributed by atoms with Gasteiger partial charge in [-0.2, -0.15) is 0 Å². The monoisotopic (exact) mass is 362 g/mol. The summed E-state index contributed by atoms with van der Waals surface area (Å²) in [5.74, 6) is -2.19. The molecule has 0 atom stereocenters. The topological polar surface area (TPSA) is 148 Å². The van der Waals surface area contributed by atoms with Gasteiger partial charge in [-0.3, -0.25) is 24.5 Å². The first-order chi connectivity index (χ1) is 12.4. The Balaban J connectivity index is 1.78. The number of anilines is 1. The van der Waals surface area contributed by atoms with Crippen LogP contribution in [0, 0.1) is 0 Å². The zero-order valence-electron chi connectivity index (χ0n) is 13.8. The summed E-state index contributed by atoms with van der Waals surface area (Å²) >= 11 is 0. The van der Waals surface area contributed by atoms with Crippen molar-refractivity contribution in [3.63, 3.8) is 0 Å². The molecule has 5 amide bonds. The maximum Gasteiger partial charge on any atom is 0.325 e. The molecule has 0 saturated carbocycles. The summed E-state index contributed by atoms with van der Waals surface area (Å²) in [6.07, 6.45) is 1.32. The molecule has 1 aromatic carbocycles. The van der Waals surface area contributed by atoms with Crippen molar-refractivity contribution in [2.24, 2.45) is 5.73 Å². The van der Waals surface area contributed by atoms with Gasteiger partial charge in [0.2, 0.25) is 5.91 Å². The number of imide groups is 1. The van der Waals surface area contributed by atoms with Crippen LogP contribution in [0.4, 0.5) is 10.5 Å². The molecule has 0 spiro atoms. The summed E-state index contributed by atoms with van der Waals surface area (Å²) in [7, 11) is 0. The Hall–Kier alpha value is -3.43. The number of carbonyl (C=O) groups is 5. The molecule has 1 aliphatic heterocycles. The molecule has 10 nitrogen and oxygen atoms in total. The molecule has 1 aromatic rings. The number of primary amides is 1. The lowest BCUT2D eigenvalue weighted by Crippen LogP contribution is -2.39. The van der Waals surface area contributed by atoms with E-state index >= 15 is 0 Å². The van der Waals surface area contributed by atoms with Crippen molar-refractivity contribution in [3.05, 3.63) is 29.8 Å². The van der Waals surface area contributed by atoms with E-state index in [4.69, 9.17) is 5.73 Å².